The normalized spacial score (nSPS) is 21.7. The first-order valence-electron chi connectivity index (χ1n) is 5.25. The molecule has 2 heterocycles. The molecule has 15 heavy (non-hydrogen) atoms. The molecular formula is C11H16N2O2. The maximum Gasteiger partial charge on any atom is 0.257 e. The van der Waals surface area contributed by atoms with Gasteiger partial charge in [-0.2, -0.15) is 0 Å². The van der Waals surface area contributed by atoms with Gasteiger partial charge in [0.05, 0.1) is 5.56 Å². The molecule has 2 rings (SSSR count). The topological polar surface area (TPSA) is 45.5 Å². The van der Waals surface area contributed by atoms with Crippen LogP contribution in [-0.4, -0.2) is 36.5 Å². The number of carbonyl (C=O) groups is 1. The third kappa shape index (κ3) is 2.04. The van der Waals surface area contributed by atoms with Crippen LogP contribution in [0.5, 0.6) is 0 Å². The van der Waals surface area contributed by atoms with Crippen LogP contribution in [0.25, 0.3) is 0 Å². The fourth-order valence-electron chi connectivity index (χ4n) is 1.86. The highest BCUT2D eigenvalue weighted by Crippen LogP contribution is 2.12. The van der Waals surface area contributed by atoms with Crippen LogP contribution >= 0.6 is 0 Å². The highest BCUT2D eigenvalue weighted by Gasteiger charge is 2.24. The van der Waals surface area contributed by atoms with Crippen molar-refractivity contribution in [2.24, 2.45) is 0 Å². The summed E-state index contributed by atoms with van der Waals surface area (Å²) in [5, 5.41) is 3.26. The van der Waals surface area contributed by atoms with E-state index in [1.165, 1.54) is 6.26 Å². The van der Waals surface area contributed by atoms with Gasteiger partial charge in [-0.05, 0) is 19.9 Å². The Hall–Kier alpha value is -1.29. The molecule has 1 atom stereocenters. The number of rotatable bonds is 1. The zero-order valence-corrected chi connectivity index (χ0v) is 9.12. The van der Waals surface area contributed by atoms with Gasteiger partial charge in [-0.3, -0.25) is 4.79 Å². The average Bonchev–Trinajstić information content (AvgIpc) is 2.65. The lowest BCUT2D eigenvalue weighted by Gasteiger charge is -2.33. The zero-order valence-electron chi connectivity index (χ0n) is 9.12. The van der Waals surface area contributed by atoms with Crippen molar-refractivity contribution in [3.8, 4) is 0 Å². The van der Waals surface area contributed by atoms with Gasteiger partial charge in [0.1, 0.15) is 12.0 Å². The molecule has 4 heteroatoms. The molecule has 0 radical (unpaired) electrons. The fraction of sp³-hybridized carbons (Fsp3) is 0.545. The Kier molecular flexibility index (Phi) is 2.77. The van der Waals surface area contributed by atoms with Crippen LogP contribution < -0.4 is 5.32 Å². The summed E-state index contributed by atoms with van der Waals surface area (Å²) in [5.74, 6) is 0.849. The van der Waals surface area contributed by atoms with Crippen molar-refractivity contribution in [1.82, 2.24) is 10.2 Å². The van der Waals surface area contributed by atoms with Gasteiger partial charge >= 0.3 is 0 Å². The Morgan fingerprint density at radius 3 is 3.07 bits per heavy atom. The number of carbonyl (C=O) groups excluding carboxylic acids is 1. The molecule has 4 nitrogen and oxygen atoms in total. The summed E-state index contributed by atoms with van der Waals surface area (Å²) in [6.45, 7) is 6.40. The van der Waals surface area contributed by atoms with E-state index in [2.05, 4.69) is 12.2 Å². The number of furan rings is 1. The maximum absolute atomic E-state index is 12.1. The Morgan fingerprint density at radius 2 is 2.47 bits per heavy atom. The van der Waals surface area contributed by atoms with E-state index in [1.807, 2.05) is 11.8 Å². The van der Waals surface area contributed by atoms with Gasteiger partial charge in [0.15, 0.2) is 0 Å². The number of amides is 1. The van der Waals surface area contributed by atoms with Crippen molar-refractivity contribution >= 4 is 5.91 Å². The van der Waals surface area contributed by atoms with Gasteiger partial charge < -0.3 is 14.6 Å². The minimum atomic E-state index is 0.0702. The van der Waals surface area contributed by atoms with E-state index in [4.69, 9.17) is 4.42 Å². The number of hydrogen-bond acceptors (Lipinski definition) is 3. The van der Waals surface area contributed by atoms with E-state index in [-0.39, 0.29) is 11.9 Å². The molecular weight excluding hydrogens is 192 g/mol. The van der Waals surface area contributed by atoms with E-state index >= 15 is 0 Å². The third-order valence-electron chi connectivity index (χ3n) is 2.74. The molecule has 0 aliphatic carbocycles. The van der Waals surface area contributed by atoms with Crippen LogP contribution in [0.2, 0.25) is 0 Å². The Labute approximate surface area is 89.2 Å². The van der Waals surface area contributed by atoms with E-state index in [0.29, 0.717) is 5.56 Å². The second-order valence-electron chi connectivity index (χ2n) is 4.00. The standard InChI is InChI=1S/C11H16N2O2/c1-8-6-12-3-4-13(8)11(14)10-5-9(2)15-7-10/h5,7-8,12H,3-4,6H2,1-2H3/t8-/m0/s1. The van der Waals surface area contributed by atoms with Crippen molar-refractivity contribution < 1.29 is 9.21 Å². The lowest BCUT2D eigenvalue weighted by atomic mass is 10.2. The van der Waals surface area contributed by atoms with Gasteiger partial charge in [-0.1, -0.05) is 0 Å². The minimum absolute atomic E-state index is 0.0702. The quantitative estimate of drug-likeness (QED) is 0.749. The molecule has 1 N–H and O–H groups in total. The molecule has 0 saturated carbocycles. The number of piperazine rings is 1. The summed E-state index contributed by atoms with van der Waals surface area (Å²) in [7, 11) is 0. The molecule has 1 aliphatic rings. The highest BCUT2D eigenvalue weighted by molar-refractivity contribution is 5.94. The first-order chi connectivity index (χ1) is 7.18. The van der Waals surface area contributed by atoms with Crippen LogP contribution in [-0.2, 0) is 0 Å². The number of aryl methyl sites for hydroxylation is 1. The zero-order chi connectivity index (χ0) is 10.8. The van der Waals surface area contributed by atoms with Crippen molar-refractivity contribution in [2.45, 2.75) is 19.9 Å². The molecule has 1 aromatic rings. The Bertz CT molecular complexity index is 359. The van der Waals surface area contributed by atoms with Gasteiger partial charge in [0.2, 0.25) is 0 Å². The second-order valence-corrected chi connectivity index (χ2v) is 4.00. The van der Waals surface area contributed by atoms with E-state index in [1.54, 1.807) is 6.07 Å². The van der Waals surface area contributed by atoms with Crippen molar-refractivity contribution in [2.75, 3.05) is 19.6 Å². The predicted molar refractivity (Wildman–Crippen MR) is 56.8 cm³/mol. The number of nitrogens with one attached hydrogen (secondary N) is 1. The third-order valence-corrected chi connectivity index (χ3v) is 2.74. The van der Waals surface area contributed by atoms with E-state index in [9.17, 15) is 4.79 Å². The largest absolute Gasteiger partial charge is 0.469 e. The highest BCUT2D eigenvalue weighted by atomic mass is 16.3. The molecule has 0 unspecified atom stereocenters. The van der Waals surface area contributed by atoms with Gasteiger partial charge in [0.25, 0.3) is 5.91 Å². The smallest absolute Gasteiger partial charge is 0.257 e. The Morgan fingerprint density at radius 1 is 1.67 bits per heavy atom. The SMILES string of the molecule is Cc1cc(C(=O)N2CCNC[C@@H]2C)co1. The summed E-state index contributed by atoms with van der Waals surface area (Å²) in [6, 6.07) is 2.04. The minimum Gasteiger partial charge on any atom is -0.469 e. The molecule has 1 saturated heterocycles. The number of nitrogens with zero attached hydrogens (tertiary/aromatic N) is 1. The fourth-order valence-corrected chi connectivity index (χ4v) is 1.86. The first-order valence-corrected chi connectivity index (χ1v) is 5.25. The van der Waals surface area contributed by atoms with E-state index < -0.39 is 0 Å². The van der Waals surface area contributed by atoms with Crippen molar-refractivity contribution in [3.05, 3.63) is 23.7 Å². The summed E-state index contributed by atoms with van der Waals surface area (Å²) in [5.41, 5.74) is 0.654. The van der Waals surface area contributed by atoms with Crippen LogP contribution in [0.4, 0.5) is 0 Å². The Balaban J connectivity index is 2.13. The van der Waals surface area contributed by atoms with Gasteiger partial charge in [0, 0.05) is 25.7 Å². The first kappa shape index (κ1) is 10.2. The average molecular weight is 208 g/mol. The molecule has 0 aromatic carbocycles. The van der Waals surface area contributed by atoms with Crippen molar-refractivity contribution in [1.29, 1.82) is 0 Å². The van der Waals surface area contributed by atoms with Crippen LogP contribution in [0, 0.1) is 6.92 Å². The molecule has 0 bridgehead atoms. The second kappa shape index (κ2) is 4.06. The monoisotopic (exact) mass is 208 g/mol. The van der Waals surface area contributed by atoms with Crippen molar-refractivity contribution in [3.63, 3.8) is 0 Å². The molecule has 0 spiro atoms. The van der Waals surface area contributed by atoms with Gasteiger partial charge in [-0.15, -0.1) is 0 Å². The summed E-state index contributed by atoms with van der Waals surface area (Å²) < 4.78 is 5.15. The maximum atomic E-state index is 12.1. The van der Waals surface area contributed by atoms with E-state index in [0.717, 1.165) is 25.4 Å². The number of hydrogen-bond donors (Lipinski definition) is 1. The van der Waals surface area contributed by atoms with Gasteiger partial charge in [-0.25, -0.2) is 0 Å². The molecule has 1 amide bonds. The summed E-state index contributed by atoms with van der Waals surface area (Å²) in [6.07, 6.45) is 1.53. The predicted octanol–water partition coefficient (Wildman–Crippen LogP) is 1.02. The van der Waals surface area contributed by atoms with Crippen LogP contribution in [0.1, 0.15) is 23.0 Å². The lowest BCUT2D eigenvalue weighted by molar-refractivity contribution is 0.0655. The molecule has 82 valence electrons. The summed E-state index contributed by atoms with van der Waals surface area (Å²) >= 11 is 0. The molecule has 1 aliphatic heterocycles. The molecule has 1 aromatic heterocycles. The lowest BCUT2D eigenvalue weighted by Crippen LogP contribution is -2.52. The molecule has 1 fully saturated rings. The van der Waals surface area contributed by atoms with Crippen LogP contribution in [0.15, 0.2) is 16.7 Å². The summed E-state index contributed by atoms with van der Waals surface area (Å²) in [4.78, 5) is 14.0. The van der Waals surface area contributed by atoms with Crippen LogP contribution in [0.3, 0.4) is 0 Å².